The van der Waals surface area contributed by atoms with Gasteiger partial charge in [-0.3, -0.25) is 0 Å². The van der Waals surface area contributed by atoms with Crippen molar-refractivity contribution in [3.05, 3.63) is 35.4 Å². The largest absolute Gasteiger partial charge is 0.386 e. The maximum atomic E-state index is 10.2. The summed E-state index contributed by atoms with van der Waals surface area (Å²) in [6.45, 7) is 0. The molecule has 2 nitrogen and oxygen atoms in total. The zero-order valence-corrected chi connectivity index (χ0v) is 10.4. The van der Waals surface area contributed by atoms with Crippen molar-refractivity contribution in [2.75, 3.05) is 11.5 Å². The van der Waals surface area contributed by atoms with Gasteiger partial charge in [0.25, 0.3) is 0 Å². The third-order valence-corrected chi connectivity index (χ3v) is 5.53. The van der Waals surface area contributed by atoms with E-state index in [0.717, 1.165) is 17.1 Å². The Bertz CT molecular complexity index is 379. The van der Waals surface area contributed by atoms with Crippen LogP contribution in [0.5, 0.6) is 0 Å². The van der Waals surface area contributed by atoms with E-state index < -0.39 is 6.10 Å². The Kier molecular flexibility index (Phi) is 4.16. The van der Waals surface area contributed by atoms with E-state index in [9.17, 15) is 5.11 Å². The molecular formula is C12H13NOS2. The van der Waals surface area contributed by atoms with E-state index >= 15 is 0 Å². The quantitative estimate of drug-likeness (QED) is 0.878. The fourth-order valence-corrected chi connectivity index (χ4v) is 4.51. The Hall–Kier alpha value is -0.630. The van der Waals surface area contributed by atoms with Gasteiger partial charge in [-0.05, 0) is 35.6 Å². The van der Waals surface area contributed by atoms with Crippen molar-refractivity contribution >= 4 is 23.5 Å². The molecule has 0 amide bonds. The Labute approximate surface area is 104 Å². The summed E-state index contributed by atoms with van der Waals surface area (Å²) in [7, 11) is 0. The van der Waals surface area contributed by atoms with Gasteiger partial charge in [-0.2, -0.15) is 5.26 Å². The second kappa shape index (κ2) is 5.62. The van der Waals surface area contributed by atoms with Crippen LogP contribution in [0.3, 0.4) is 0 Å². The first kappa shape index (κ1) is 11.8. The van der Waals surface area contributed by atoms with Gasteiger partial charge in [0.2, 0.25) is 0 Å². The zero-order chi connectivity index (χ0) is 11.4. The summed E-state index contributed by atoms with van der Waals surface area (Å²) in [5.41, 5.74) is 1.55. The fourth-order valence-electron chi connectivity index (χ4n) is 1.60. The molecule has 1 unspecified atom stereocenters. The minimum atomic E-state index is -0.428. The van der Waals surface area contributed by atoms with Gasteiger partial charge in [0.05, 0.1) is 22.3 Å². The molecule has 0 aromatic heterocycles. The highest BCUT2D eigenvalue weighted by atomic mass is 32.2. The molecule has 1 aliphatic heterocycles. The van der Waals surface area contributed by atoms with Gasteiger partial charge in [-0.25, -0.2) is 0 Å². The Morgan fingerprint density at radius 3 is 2.44 bits per heavy atom. The number of rotatable bonds is 2. The maximum absolute atomic E-state index is 10.2. The molecule has 16 heavy (non-hydrogen) atoms. The average Bonchev–Trinajstić information content (AvgIpc) is 2.39. The molecule has 1 aliphatic rings. The van der Waals surface area contributed by atoms with Crippen LogP contribution in [-0.2, 0) is 0 Å². The Morgan fingerprint density at radius 1 is 1.25 bits per heavy atom. The molecule has 2 rings (SSSR count). The molecule has 0 saturated carbocycles. The minimum Gasteiger partial charge on any atom is -0.386 e. The molecule has 0 bridgehead atoms. The standard InChI is InChI=1S/C12H13NOS2/c13-8-9-2-4-10(5-3-9)11(14)12-15-6-1-7-16-12/h2-5,11-12,14H,1,6-7H2. The van der Waals surface area contributed by atoms with Gasteiger partial charge in [-0.15, -0.1) is 23.5 Å². The second-order valence-corrected chi connectivity index (χ2v) is 6.44. The highest BCUT2D eigenvalue weighted by Crippen LogP contribution is 2.39. The van der Waals surface area contributed by atoms with Crippen LogP contribution in [-0.4, -0.2) is 21.2 Å². The van der Waals surface area contributed by atoms with E-state index in [1.807, 2.05) is 35.7 Å². The van der Waals surface area contributed by atoms with Crippen molar-refractivity contribution < 1.29 is 5.11 Å². The monoisotopic (exact) mass is 251 g/mol. The van der Waals surface area contributed by atoms with E-state index in [-0.39, 0.29) is 4.58 Å². The fraction of sp³-hybridized carbons (Fsp3) is 0.417. The third kappa shape index (κ3) is 2.73. The molecule has 1 atom stereocenters. The number of nitrogens with zero attached hydrogens (tertiary/aromatic N) is 1. The number of hydrogen-bond acceptors (Lipinski definition) is 4. The maximum Gasteiger partial charge on any atom is 0.1000 e. The van der Waals surface area contributed by atoms with Crippen LogP contribution < -0.4 is 0 Å². The molecular weight excluding hydrogens is 238 g/mol. The first-order valence-electron chi connectivity index (χ1n) is 5.22. The molecule has 1 fully saturated rings. The lowest BCUT2D eigenvalue weighted by atomic mass is 10.1. The highest BCUT2D eigenvalue weighted by molar-refractivity contribution is 8.17. The van der Waals surface area contributed by atoms with Crippen LogP contribution >= 0.6 is 23.5 Å². The molecule has 4 heteroatoms. The molecule has 1 aromatic carbocycles. The van der Waals surface area contributed by atoms with Gasteiger partial charge in [0, 0.05) is 0 Å². The first-order chi connectivity index (χ1) is 7.81. The van der Waals surface area contributed by atoms with Crippen molar-refractivity contribution in [1.82, 2.24) is 0 Å². The summed E-state index contributed by atoms with van der Waals surface area (Å²) < 4.78 is 0.238. The van der Waals surface area contributed by atoms with Crippen molar-refractivity contribution in [3.63, 3.8) is 0 Å². The topological polar surface area (TPSA) is 44.0 Å². The summed E-state index contributed by atoms with van der Waals surface area (Å²) in [6.07, 6.45) is 0.800. The van der Waals surface area contributed by atoms with Gasteiger partial charge in [0.15, 0.2) is 0 Å². The van der Waals surface area contributed by atoms with Crippen LogP contribution in [0.1, 0.15) is 23.7 Å². The van der Waals surface area contributed by atoms with Gasteiger partial charge in [0.1, 0.15) is 0 Å². The number of benzene rings is 1. The molecule has 1 saturated heterocycles. The van der Waals surface area contributed by atoms with E-state index in [1.165, 1.54) is 6.42 Å². The summed E-state index contributed by atoms with van der Waals surface area (Å²) in [5, 5.41) is 18.9. The lowest BCUT2D eigenvalue weighted by Gasteiger charge is -2.25. The number of thioether (sulfide) groups is 2. The highest BCUT2D eigenvalue weighted by Gasteiger charge is 2.24. The summed E-state index contributed by atoms with van der Waals surface area (Å²) in [4.78, 5) is 0. The molecule has 0 radical (unpaired) electrons. The number of aliphatic hydroxyl groups excluding tert-OH is 1. The van der Waals surface area contributed by atoms with Crippen molar-refractivity contribution in [2.24, 2.45) is 0 Å². The number of nitriles is 1. The lowest BCUT2D eigenvalue weighted by molar-refractivity contribution is 0.196. The predicted molar refractivity (Wildman–Crippen MR) is 69.4 cm³/mol. The van der Waals surface area contributed by atoms with Crippen molar-refractivity contribution in [1.29, 1.82) is 5.26 Å². The van der Waals surface area contributed by atoms with Crippen molar-refractivity contribution in [3.8, 4) is 6.07 Å². The smallest absolute Gasteiger partial charge is 0.1000 e. The number of aliphatic hydroxyl groups is 1. The van der Waals surface area contributed by atoms with Crippen LogP contribution in [0.4, 0.5) is 0 Å². The van der Waals surface area contributed by atoms with E-state index in [0.29, 0.717) is 5.56 Å². The van der Waals surface area contributed by atoms with Gasteiger partial charge in [-0.1, -0.05) is 12.1 Å². The van der Waals surface area contributed by atoms with Gasteiger partial charge >= 0.3 is 0 Å². The van der Waals surface area contributed by atoms with E-state index in [4.69, 9.17) is 5.26 Å². The molecule has 1 heterocycles. The minimum absolute atomic E-state index is 0.238. The normalized spacial score (nSPS) is 19.0. The first-order valence-corrected chi connectivity index (χ1v) is 7.32. The van der Waals surface area contributed by atoms with E-state index in [2.05, 4.69) is 6.07 Å². The molecule has 0 spiro atoms. The van der Waals surface area contributed by atoms with Gasteiger partial charge < -0.3 is 5.11 Å². The number of hydrogen-bond donors (Lipinski definition) is 1. The Morgan fingerprint density at radius 2 is 1.88 bits per heavy atom. The predicted octanol–water partition coefficient (Wildman–Crippen LogP) is 2.79. The second-order valence-electron chi connectivity index (χ2n) is 3.64. The SMILES string of the molecule is N#Cc1ccc(C(O)C2SCCCS2)cc1. The lowest BCUT2D eigenvalue weighted by Crippen LogP contribution is -2.16. The average molecular weight is 251 g/mol. The van der Waals surface area contributed by atoms with Crippen LogP contribution in [0.2, 0.25) is 0 Å². The van der Waals surface area contributed by atoms with Crippen LogP contribution in [0, 0.1) is 11.3 Å². The summed E-state index contributed by atoms with van der Waals surface area (Å²) in [5.74, 6) is 2.26. The zero-order valence-electron chi connectivity index (χ0n) is 8.80. The Balaban J connectivity index is 2.07. The van der Waals surface area contributed by atoms with Crippen LogP contribution in [0.25, 0.3) is 0 Å². The molecule has 1 aromatic rings. The summed E-state index contributed by atoms with van der Waals surface area (Å²) >= 11 is 3.65. The third-order valence-electron chi connectivity index (χ3n) is 2.49. The van der Waals surface area contributed by atoms with E-state index in [1.54, 1.807) is 12.1 Å². The molecule has 0 aliphatic carbocycles. The molecule has 1 N–H and O–H groups in total. The van der Waals surface area contributed by atoms with Crippen molar-refractivity contribution in [2.45, 2.75) is 17.1 Å². The summed E-state index contributed by atoms with van der Waals surface area (Å²) in [6, 6.07) is 9.29. The molecule has 84 valence electrons. The van der Waals surface area contributed by atoms with Crippen LogP contribution in [0.15, 0.2) is 24.3 Å².